The van der Waals surface area contributed by atoms with Gasteiger partial charge in [0, 0.05) is 12.2 Å². The number of benzene rings is 1. The fourth-order valence-corrected chi connectivity index (χ4v) is 1.92. The summed E-state index contributed by atoms with van der Waals surface area (Å²) in [5.74, 6) is -0.368. The monoisotopic (exact) mass is 303 g/mol. The van der Waals surface area contributed by atoms with Crippen molar-refractivity contribution < 1.29 is 14.3 Å². The van der Waals surface area contributed by atoms with Crippen molar-refractivity contribution in [3.05, 3.63) is 65.2 Å². The zero-order valence-corrected chi connectivity index (χ0v) is 12.2. The minimum Gasteiger partial charge on any atom is -0.387 e. The molecule has 0 aliphatic carbocycles. The number of carbonyl (C=O) groups is 1. The first-order valence-electron chi connectivity index (χ1n) is 6.92. The lowest BCUT2D eigenvalue weighted by Crippen LogP contribution is -2.37. The number of aryl methyl sites for hydroxylation is 1. The van der Waals surface area contributed by atoms with Crippen LogP contribution in [0.15, 0.2) is 42.5 Å². The molecule has 1 aromatic heterocycles. The molecule has 1 unspecified atom stereocenters. The highest BCUT2D eigenvalue weighted by molar-refractivity contribution is 5.73. The van der Waals surface area contributed by atoms with Crippen LogP contribution in [0.2, 0.25) is 0 Å². The average Bonchev–Trinajstić information content (AvgIpc) is 2.51. The molecule has 116 valence electrons. The summed E-state index contributed by atoms with van der Waals surface area (Å²) in [5.41, 5.74) is 2.18. The Hall–Kier alpha value is -2.47. The van der Waals surface area contributed by atoms with Gasteiger partial charge in [0.1, 0.15) is 5.82 Å². The predicted octanol–water partition coefficient (Wildman–Crippen LogP) is 2.06. The number of rotatable bonds is 5. The van der Waals surface area contributed by atoms with E-state index in [4.69, 9.17) is 0 Å². The number of aromatic nitrogens is 1. The molecule has 0 saturated carbocycles. The molecule has 5 nitrogen and oxygen atoms in total. The third kappa shape index (κ3) is 4.82. The molecule has 6 heteroatoms. The van der Waals surface area contributed by atoms with E-state index in [1.165, 1.54) is 24.3 Å². The quantitative estimate of drug-likeness (QED) is 0.791. The summed E-state index contributed by atoms with van der Waals surface area (Å²) in [6.07, 6.45) is -0.886. The Kier molecular flexibility index (Phi) is 5.43. The summed E-state index contributed by atoms with van der Waals surface area (Å²) < 4.78 is 12.8. The van der Waals surface area contributed by atoms with Crippen LogP contribution in [0, 0.1) is 12.7 Å². The van der Waals surface area contributed by atoms with E-state index in [2.05, 4.69) is 15.6 Å². The standard InChI is InChI=1S/C16H18FN3O2/c1-11-3-2-4-14(20-11)9-18-16(22)19-10-15(21)12-5-7-13(17)8-6-12/h2-8,15,21H,9-10H2,1H3,(H2,18,19,22). The number of pyridine rings is 1. The maximum Gasteiger partial charge on any atom is 0.315 e. The lowest BCUT2D eigenvalue weighted by molar-refractivity contribution is 0.173. The van der Waals surface area contributed by atoms with Gasteiger partial charge in [0.25, 0.3) is 0 Å². The number of halogens is 1. The highest BCUT2D eigenvalue weighted by atomic mass is 19.1. The van der Waals surface area contributed by atoms with Crippen LogP contribution in [-0.4, -0.2) is 22.7 Å². The van der Waals surface area contributed by atoms with E-state index >= 15 is 0 Å². The molecule has 1 atom stereocenters. The zero-order valence-electron chi connectivity index (χ0n) is 12.2. The Bertz CT molecular complexity index is 632. The summed E-state index contributed by atoms with van der Waals surface area (Å²) >= 11 is 0. The molecule has 0 fully saturated rings. The van der Waals surface area contributed by atoms with Crippen molar-refractivity contribution in [3.8, 4) is 0 Å². The largest absolute Gasteiger partial charge is 0.387 e. The van der Waals surface area contributed by atoms with Gasteiger partial charge < -0.3 is 15.7 Å². The molecule has 2 rings (SSSR count). The van der Waals surface area contributed by atoms with Crippen LogP contribution in [0.5, 0.6) is 0 Å². The van der Waals surface area contributed by atoms with E-state index in [1.807, 2.05) is 25.1 Å². The molecular weight excluding hydrogens is 285 g/mol. The van der Waals surface area contributed by atoms with Gasteiger partial charge in [-0.25, -0.2) is 9.18 Å². The van der Waals surface area contributed by atoms with Crippen molar-refractivity contribution in [2.75, 3.05) is 6.54 Å². The molecular formula is C16H18FN3O2. The molecule has 2 amide bonds. The highest BCUT2D eigenvalue weighted by Gasteiger charge is 2.09. The third-order valence-corrected chi connectivity index (χ3v) is 3.09. The molecule has 2 aromatic rings. The Morgan fingerprint density at radius 2 is 1.95 bits per heavy atom. The van der Waals surface area contributed by atoms with Crippen LogP contribution >= 0.6 is 0 Å². The first kappa shape index (κ1) is 15.9. The number of hydrogen-bond acceptors (Lipinski definition) is 3. The number of carbonyl (C=O) groups excluding carboxylic acids is 1. The lowest BCUT2D eigenvalue weighted by atomic mass is 10.1. The molecule has 3 N–H and O–H groups in total. The van der Waals surface area contributed by atoms with Gasteiger partial charge >= 0.3 is 6.03 Å². The van der Waals surface area contributed by atoms with Crippen molar-refractivity contribution in [1.29, 1.82) is 0 Å². The minimum absolute atomic E-state index is 0.0404. The Balaban J connectivity index is 1.76. The van der Waals surface area contributed by atoms with Crippen molar-refractivity contribution in [1.82, 2.24) is 15.6 Å². The van der Waals surface area contributed by atoms with E-state index < -0.39 is 12.1 Å². The van der Waals surface area contributed by atoms with Crippen molar-refractivity contribution in [3.63, 3.8) is 0 Å². The van der Waals surface area contributed by atoms with Crippen LogP contribution in [-0.2, 0) is 6.54 Å². The number of nitrogens with zero attached hydrogens (tertiary/aromatic N) is 1. The molecule has 0 saturated heterocycles. The van der Waals surface area contributed by atoms with Gasteiger partial charge in [-0.15, -0.1) is 0 Å². The van der Waals surface area contributed by atoms with Gasteiger partial charge in [-0.05, 0) is 36.8 Å². The number of hydrogen-bond donors (Lipinski definition) is 3. The maximum absolute atomic E-state index is 12.8. The Morgan fingerprint density at radius 3 is 2.64 bits per heavy atom. The molecule has 1 heterocycles. The second-order valence-corrected chi connectivity index (χ2v) is 4.90. The van der Waals surface area contributed by atoms with Crippen molar-refractivity contribution in [2.45, 2.75) is 19.6 Å². The van der Waals surface area contributed by atoms with Crippen LogP contribution in [0.1, 0.15) is 23.1 Å². The van der Waals surface area contributed by atoms with Crippen molar-refractivity contribution >= 4 is 6.03 Å². The van der Waals surface area contributed by atoms with Gasteiger partial charge in [0.05, 0.1) is 18.3 Å². The first-order chi connectivity index (χ1) is 10.5. The molecule has 0 bridgehead atoms. The van der Waals surface area contributed by atoms with Crippen LogP contribution < -0.4 is 10.6 Å². The number of aliphatic hydroxyl groups excluding tert-OH is 1. The minimum atomic E-state index is -0.886. The van der Waals surface area contributed by atoms with E-state index in [1.54, 1.807) is 0 Å². The van der Waals surface area contributed by atoms with E-state index in [9.17, 15) is 14.3 Å². The van der Waals surface area contributed by atoms with Crippen LogP contribution in [0.3, 0.4) is 0 Å². The van der Waals surface area contributed by atoms with Crippen LogP contribution in [0.4, 0.5) is 9.18 Å². The highest BCUT2D eigenvalue weighted by Crippen LogP contribution is 2.12. The summed E-state index contributed by atoms with van der Waals surface area (Å²) in [6.45, 7) is 2.22. The second-order valence-electron chi connectivity index (χ2n) is 4.90. The topological polar surface area (TPSA) is 74.2 Å². The summed E-state index contributed by atoms with van der Waals surface area (Å²) in [5, 5.41) is 15.1. The number of aliphatic hydroxyl groups is 1. The number of nitrogens with one attached hydrogen (secondary N) is 2. The third-order valence-electron chi connectivity index (χ3n) is 3.09. The molecule has 0 spiro atoms. The zero-order chi connectivity index (χ0) is 15.9. The summed E-state index contributed by atoms with van der Waals surface area (Å²) in [4.78, 5) is 15.9. The number of amides is 2. The molecule has 22 heavy (non-hydrogen) atoms. The Labute approximate surface area is 128 Å². The first-order valence-corrected chi connectivity index (χ1v) is 6.92. The van der Waals surface area contributed by atoms with E-state index in [0.717, 1.165) is 11.4 Å². The van der Waals surface area contributed by atoms with Gasteiger partial charge in [-0.1, -0.05) is 18.2 Å². The average molecular weight is 303 g/mol. The lowest BCUT2D eigenvalue weighted by Gasteiger charge is -2.13. The Morgan fingerprint density at radius 1 is 1.23 bits per heavy atom. The number of urea groups is 1. The van der Waals surface area contributed by atoms with Crippen molar-refractivity contribution in [2.24, 2.45) is 0 Å². The molecule has 0 aliphatic rings. The van der Waals surface area contributed by atoms with Gasteiger partial charge in [0.15, 0.2) is 0 Å². The van der Waals surface area contributed by atoms with E-state index in [-0.39, 0.29) is 12.4 Å². The second kappa shape index (κ2) is 7.51. The normalized spacial score (nSPS) is 11.8. The van der Waals surface area contributed by atoms with Crippen LogP contribution in [0.25, 0.3) is 0 Å². The molecule has 0 radical (unpaired) electrons. The maximum atomic E-state index is 12.8. The van der Waals surface area contributed by atoms with Gasteiger partial charge in [-0.2, -0.15) is 0 Å². The molecule has 0 aliphatic heterocycles. The van der Waals surface area contributed by atoms with E-state index in [0.29, 0.717) is 12.1 Å². The SMILES string of the molecule is Cc1cccc(CNC(=O)NCC(O)c2ccc(F)cc2)n1. The van der Waals surface area contributed by atoms with Gasteiger partial charge in [-0.3, -0.25) is 4.98 Å². The summed E-state index contributed by atoms with van der Waals surface area (Å²) in [6, 6.07) is 10.7. The van der Waals surface area contributed by atoms with Gasteiger partial charge in [0.2, 0.25) is 0 Å². The molecule has 1 aromatic carbocycles. The fourth-order valence-electron chi connectivity index (χ4n) is 1.92. The predicted molar refractivity (Wildman–Crippen MR) is 80.6 cm³/mol. The summed E-state index contributed by atoms with van der Waals surface area (Å²) in [7, 11) is 0. The fraction of sp³-hybridized carbons (Fsp3) is 0.250. The smallest absolute Gasteiger partial charge is 0.315 e.